The number of hydrogen-bond donors (Lipinski definition) is 1. The Kier molecular flexibility index (Phi) is 10.2. The van der Waals surface area contributed by atoms with E-state index in [1.807, 2.05) is 18.7 Å². The van der Waals surface area contributed by atoms with Crippen LogP contribution in [0, 0.1) is 19.8 Å². The van der Waals surface area contributed by atoms with Crippen LogP contribution in [0.15, 0.2) is 17.3 Å². The summed E-state index contributed by atoms with van der Waals surface area (Å²) < 4.78 is 3.98. The molecule has 2 aromatic heterocycles. The third-order valence-corrected chi connectivity index (χ3v) is 4.73. The van der Waals surface area contributed by atoms with Crippen LogP contribution in [-0.2, 0) is 20.1 Å². The third-order valence-electron chi connectivity index (χ3n) is 4.73. The molecule has 1 atom stereocenters. The highest BCUT2D eigenvalue weighted by Crippen LogP contribution is 2.18. The molecule has 0 aliphatic rings. The van der Waals surface area contributed by atoms with Crippen molar-refractivity contribution in [1.82, 2.24) is 29.8 Å². The maximum atomic E-state index is 4.89. The highest BCUT2D eigenvalue weighted by Gasteiger charge is 2.15. The molecule has 164 valence electrons. The first kappa shape index (κ1) is 25.5. The van der Waals surface area contributed by atoms with E-state index in [2.05, 4.69) is 79.0 Å². The van der Waals surface area contributed by atoms with Gasteiger partial charge in [0.25, 0.3) is 0 Å². The second kappa shape index (κ2) is 11.6. The molecule has 8 heteroatoms. The number of nitrogens with one attached hydrogen (secondary N) is 1. The number of aliphatic imine (C=N–C) groups is 1. The number of aromatic nitrogens is 4. The van der Waals surface area contributed by atoms with Crippen molar-refractivity contribution in [1.29, 1.82) is 0 Å². The van der Waals surface area contributed by atoms with Gasteiger partial charge in [0.1, 0.15) is 0 Å². The van der Waals surface area contributed by atoms with Crippen molar-refractivity contribution in [3.8, 4) is 0 Å². The average molecular weight is 515 g/mol. The molecule has 1 N–H and O–H groups in total. The molecule has 2 aromatic rings. The fourth-order valence-corrected chi connectivity index (χ4v) is 3.42. The lowest BCUT2D eigenvalue weighted by Crippen LogP contribution is -2.39. The van der Waals surface area contributed by atoms with Gasteiger partial charge in [-0.05, 0) is 38.7 Å². The van der Waals surface area contributed by atoms with Crippen LogP contribution in [0.4, 0.5) is 0 Å². The van der Waals surface area contributed by atoms with Gasteiger partial charge in [-0.3, -0.25) is 14.4 Å². The predicted molar refractivity (Wildman–Crippen MR) is 131 cm³/mol. The van der Waals surface area contributed by atoms with Crippen LogP contribution in [0.3, 0.4) is 0 Å². The maximum absolute atomic E-state index is 4.89. The summed E-state index contributed by atoms with van der Waals surface area (Å²) in [6, 6.07) is 2.12. The maximum Gasteiger partial charge on any atom is 0.193 e. The lowest BCUT2D eigenvalue weighted by Gasteiger charge is -2.23. The minimum Gasteiger partial charge on any atom is -0.357 e. The zero-order valence-electron chi connectivity index (χ0n) is 19.2. The molecule has 0 radical (unpaired) electrons. The van der Waals surface area contributed by atoms with E-state index in [4.69, 9.17) is 4.99 Å². The standard InChI is InChI=1S/C21H37N7.HI/c1-9-22-21(23-11-16(4)12-28-18(6)10-17(5)24-28)26(7)13-19-14-27(8)25-20(19)15(2)3;/h10,14-16H,9,11-13H2,1-8H3,(H,22,23);1H. The molecule has 2 heterocycles. The van der Waals surface area contributed by atoms with Crippen molar-refractivity contribution >= 4 is 29.9 Å². The van der Waals surface area contributed by atoms with E-state index in [0.717, 1.165) is 43.5 Å². The molecule has 0 saturated heterocycles. The van der Waals surface area contributed by atoms with Crippen LogP contribution in [0.1, 0.15) is 56.3 Å². The van der Waals surface area contributed by atoms with Crippen LogP contribution in [0.2, 0.25) is 0 Å². The molecule has 2 rings (SSSR count). The van der Waals surface area contributed by atoms with Gasteiger partial charge in [-0.1, -0.05) is 20.8 Å². The lowest BCUT2D eigenvalue weighted by atomic mass is 10.1. The van der Waals surface area contributed by atoms with Gasteiger partial charge in [0, 0.05) is 57.7 Å². The van der Waals surface area contributed by atoms with Gasteiger partial charge in [-0.15, -0.1) is 24.0 Å². The van der Waals surface area contributed by atoms with E-state index in [9.17, 15) is 0 Å². The largest absolute Gasteiger partial charge is 0.357 e. The van der Waals surface area contributed by atoms with Gasteiger partial charge in [0.05, 0.1) is 11.4 Å². The molecule has 0 aliphatic heterocycles. The topological polar surface area (TPSA) is 63.3 Å². The normalized spacial score (nSPS) is 12.8. The quantitative estimate of drug-likeness (QED) is 0.331. The molecule has 7 nitrogen and oxygen atoms in total. The van der Waals surface area contributed by atoms with E-state index < -0.39 is 0 Å². The second-order valence-corrected chi connectivity index (χ2v) is 8.13. The summed E-state index contributed by atoms with van der Waals surface area (Å²) in [4.78, 5) is 7.07. The summed E-state index contributed by atoms with van der Waals surface area (Å²) in [5.41, 5.74) is 4.68. The summed E-state index contributed by atoms with van der Waals surface area (Å²) in [6.45, 7) is 16.1. The van der Waals surface area contributed by atoms with Crippen molar-refractivity contribution in [2.24, 2.45) is 18.0 Å². The number of nitrogens with zero attached hydrogens (tertiary/aromatic N) is 6. The summed E-state index contributed by atoms with van der Waals surface area (Å²) in [5, 5.41) is 12.6. The van der Waals surface area contributed by atoms with Gasteiger partial charge < -0.3 is 10.2 Å². The smallest absolute Gasteiger partial charge is 0.193 e. The van der Waals surface area contributed by atoms with Crippen LogP contribution < -0.4 is 5.32 Å². The molecule has 0 bridgehead atoms. The van der Waals surface area contributed by atoms with Crippen molar-refractivity contribution in [3.05, 3.63) is 34.9 Å². The third kappa shape index (κ3) is 7.31. The lowest BCUT2D eigenvalue weighted by molar-refractivity contribution is 0.438. The highest BCUT2D eigenvalue weighted by atomic mass is 127. The Balaban J connectivity index is 0.00000420. The molecular formula is C21H38IN7. The average Bonchev–Trinajstić information content (AvgIpc) is 3.12. The Morgan fingerprint density at radius 2 is 1.93 bits per heavy atom. The number of guanidine groups is 1. The minimum absolute atomic E-state index is 0. The van der Waals surface area contributed by atoms with E-state index in [-0.39, 0.29) is 24.0 Å². The zero-order chi connectivity index (χ0) is 20.8. The first-order valence-corrected chi connectivity index (χ1v) is 10.2. The first-order chi connectivity index (χ1) is 13.2. The van der Waals surface area contributed by atoms with Gasteiger partial charge in [0.15, 0.2) is 5.96 Å². The van der Waals surface area contributed by atoms with Crippen molar-refractivity contribution < 1.29 is 0 Å². The van der Waals surface area contributed by atoms with E-state index in [1.165, 1.54) is 11.3 Å². The number of hydrogen-bond acceptors (Lipinski definition) is 3. The zero-order valence-corrected chi connectivity index (χ0v) is 21.6. The van der Waals surface area contributed by atoms with Gasteiger partial charge in [-0.25, -0.2) is 0 Å². The Morgan fingerprint density at radius 3 is 2.48 bits per heavy atom. The Hall–Kier alpha value is -1.58. The Bertz CT molecular complexity index is 791. The van der Waals surface area contributed by atoms with Crippen molar-refractivity contribution in [2.45, 2.75) is 60.5 Å². The fourth-order valence-electron chi connectivity index (χ4n) is 3.42. The molecule has 0 aromatic carbocycles. The second-order valence-electron chi connectivity index (χ2n) is 8.13. The summed E-state index contributed by atoms with van der Waals surface area (Å²) in [6.07, 6.45) is 2.11. The molecule has 0 aliphatic carbocycles. The minimum atomic E-state index is 0. The van der Waals surface area contributed by atoms with E-state index >= 15 is 0 Å². The molecular weight excluding hydrogens is 477 g/mol. The summed E-state index contributed by atoms with van der Waals surface area (Å²) in [7, 11) is 4.07. The van der Waals surface area contributed by atoms with Crippen molar-refractivity contribution in [3.63, 3.8) is 0 Å². The SMILES string of the molecule is CCNC(=NCC(C)Cn1nc(C)cc1C)N(C)Cc1cn(C)nc1C(C)C.I. The van der Waals surface area contributed by atoms with E-state index in [0.29, 0.717) is 11.8 Å². The van der Waals surface area contributed by atoms with Gasteiger partial charge in [0.2, 0.25) is 0 Å². The summed E-state index contributed by atoms with van der Waals surface area (Å²) >= 11 is 0. The van der Waals surface area contributed by atoms with Crippen LogP contribution in [0.25, 0.3) is 0 Å². The van der Waals surface area contributed by atoms with Gasteiger partial charge >= 0.3 is 0 Å². The number of rotatable bonds is 8. The molecule has 0 spiro atoms. The fraction of sp³-hybridized carbons (Fsp3) is 0.667. The van der Waals surface area contributed by atoms with Crippen molar-refractivity contribution in [2.75, 3.05) is 20.1 Å². The number of aryl methyl sites for hydroxylation is 3. The molecule has 29 heavy (non-hydrogen) atoms. The van der Waals surface area contributed by atoms with Crippen LogP contribution in [-0.4, -0.2) is 50.6 Å². The summed E-state index contributed by atoms with van der Waals surface area (Å²) in [5.74, 6) is 1.75. The number of halogens is 1. The van der Waals surface area contributed by atoms with E-state index in [1.54, 1.807) is 0 Å². The van der Waals surface area contributed by atoms with Crippen LogP contribution in [0.5, 0.6) is 0 Å². The first-order valence-electron chi connectivity index (χ1n) is 10.2. The monoisotopic (exact) mass is 515 g/mol. The Morgan fingerprint density at radius 1 is 1.24 bits per heavy atom. The molecule has 0 fully saturated rings. The molecule has 0 saturated carbocycles. The predicted octanol–water partition coefficient (Wildman–Crippen LogP) is 3.71. The molecule has 0 amide bonds. The highest BCUT2D eigenvalue weighted by molar-refractivity contribution is 14.0. The molecule has 1 unspecified atom stereocenters. The Labute approximate surface area is 193 Å². The van der Waals surface area contributed by atoms with Crippen LogP contribution >= 0.6 is 24.0 Å². The van der Waals surface area contributed by atoms with Gasteiger partial charge in [-0.2, -0.15) is 10.2 Å².